The Kier molecular flexibility index (Phi) is 36.6. The van der Waals surface area contributed by atoms with Gasteiger partial charge in [-0.15, -0.1) is 0 Å². The van der Waals surface area contributed by atoms with Crippen molar-refractivity contribution in [2.45, 2.75) is 207 Å². The van der Waals surface area contributed by atoms with Crippen LogP contribution in [0.25, 0.3) is 0 Å². The summed E-state index contributed by atoms with van der Waals surface area (Å²) in [5.74, 6) is -0.920. The molecule has 0 aromatic rings. The van der Waals surface area contributed by atoms with Crippen LogP contribution in [0.3, 0.4) is 0 Å². The maximum atomic E-state index is 12.6. The average molecular weight is 689 g/mol. The number of allylic oxidation sites excluding steroid dienone is 6. The SMILES string of the molecule is CCC/C=C\CCCCCCCC(=O)OCC(COC(=O)CCCCCCC/C=C\CCCC)OC(=O)CCCCCCC/C=C\CCC. The Morgan fingerprint density at radius 2 is 0.714 bits per heavy atom. The summed E-state index contributed by atoms with van der Waals surface area (Å²) in [6.07, 6.45) is 41.3. The van der Waals surface area contributed by atoms with E-state index in [0.717, 1.165) is 96.3 Å². The molecule has 0 saturated carbocycles. The van der Waals surface area contributed by atoms with E-state index < -0.39 is 6.10 Å². The van der Waals surface area contributed by atoms with E-state index in [-0.39, 0.29) is 31.1 Å². The minimum Gasteiger partial charge on any atom is -0.462 e. The number of hydrogen-bond acceptors (Lipinski definition) is 6. The van der Waals surface area contributed by atoms with Crippen LogP contribution in [0.15, 0.2) is 36.5 Å². The largest absolute Gasteiger partial charge is 0.462 e. The Morgan fingerprint density at radius 1 is 0.388 bits per heavy atom. The van der Waals surface area contributed by atoms with Crippen LogP contribution in [0.5, 0.6) is 0 Å². The number of esters is 3. The Bertz CT molecular complexity index is 845. The highest BCUT2D eigenvalue weighted by atomic mass is 16.6. The van der Waals surface area contributed by atoms with Crippen molar-refractivity contribution in [3.63, 3.8) is 0 Å². The molecular formula is C43H76O6. The molecule has 0 aromatic heterocycles. The van der Waals surface area contributed by atoms with Crippen LogP contribution >= 0.6 is 0 Å². The average Bonchev–Trinajstić information content (AvgIpc) is 3.10. The van der Waals surface area contributed by atoms with Gasteiger partial charge in [-0.1, -0.05) is 141 Å². The van der Waals surface area contributed by atoms with Gasteiger partial charge in [0.05, 0.1) is 0 Å². The Hall–Kier alpha value is -2.37. The molecule has 0 aliphatic rings. The molecule has 6 heteroatoms. The summed E-state index contributed by atoms with van der Waals surface area (Å²) in [6, 6.07) is 0. The van der Waals surface area contributed by atoms with E-state index in [9.17, 15) is 14.4 Å². The van der Waals surface area contributed by atoms with Crippen molar-refractivity contribution in [2.24, 2.45) is 0 Å². The highest BCUT2D eigenvalue weighted by Gasteiger charge is 2.19. The van der Waals surface area contributed by atoms with Gasteiger partial charge in [0.2, 0.25) is 0 Å². The second-order valence-electron chi connectivity index (χ2n) is 13.5. The van der Waals surface area contributed by atoms with Crippen LogP contribution in [-0.2, 0) is 28.6 Å². The third-order valence-electron chi connectivity index (χ3n) is 8.55. The number of rotatable bonds is 36. The van der Waals surface area contributed by atoms with Gasteiger partial charge in [-0.3, -0.25) is 14.4 Å². The molecule has 0 aliphatic heterocycles. The summed E-state index contributed by atoms with van der Waals surface area (Å²) in [6.45, 7) is 6.43. The molecule has 0 aromatic carbocycles. The van der Waals surface area contributed by atoms with E-state index in [2.05, 4.69) is 57.2 Å². The molecule has 0 fully saturated rings. The number of carbonyl (C=O) groups excluding carboxylic acids is 3. The van der Waals surface area contributed by atoms with Crippen molar-refractivity contribution in [2.75, 3.05) is 13.2 Å². The Balaban J connectivity index is 4.40. The first-order valence-electron chi connectivity index (χ1n) is 20.5. The third kappa shape index (κ3) is 36.7. The zero-order chi connectivity index (χ0) is 35.9. The number of hydrogen-bond donors (Lipinski definition) is 0. The van der Waals surface area contributed by atoms with Crippen LogP contribution in [0.2, 0.25) is 0 Å². The monoisotopic (exact) mass is 689 g/mol. The maximum absolute atomic E-state index is 12.6. The summed E-state index contributed by atoms with van der Waals surface area (Å²) in [7, 11) is 0. The van der Waals surface area contributed by atoms with Gasteiger partial charge in [0, 0.05) is 19.3 Å². The fourth-order valence-electron chi connectivity index (χ4n) is 5.43. The van der Waals surface area contributed by atoms with Crippen LogP contribution in [-0.4, -0.2) is 37.2 Å². The fraction of sp³-hybridized carbons (Fsp3) is 0.791. The van der Waals surface area contributed by atoms with Crippen molar-refractivity contribution in [1.29, 1.82) is 0 Å². The van der Waals surface area contributed by atoms with E-state index in [4.69, 9.17) is 14.2 Å². The summed E-state index contributed by atoms with van der Waals surface area (Å²) in [4.78, 5) is 37.5. The van der Waals surface area contributed by atoms with E-state index in [1.54, 1.807) is 0 Å². The lowest BCUT2D eigenvalue weighted by Gasteiger charge is -2.18. The van der Waals surface area contributed by atoms with E-state index in [1.165, 1.54) is 64.2 Å². The quantitative estimate of drug-likeness (QED) is 0.0282. The Labute approximate surface area is 302 Å². The molecule has 0 N–H and O–H groups in total. The van der Waals surface area contributed by atoms with Crippen molar-refractivity contribution in [3.05, 3.63) is 36.5 Å². The van der Waals surface area contributed by atoms with Crippen molar-refractivity contribution in [3.8, 4) is 0 Å². The topological polar surface area (TPSA) is 78.9 Å². The third-order valence-corrected chi connectivity index (χ3v) is 8.55. The standard InChI is InChI=1S/C43H76O6/c1-4-7-10-13-16-19-22-25-27-30-33-36-42(45)48-39-40(49-43(46)37-34-31-28-24-21-18-15-12-9-6-3)38-47-41(44)35-32-29-26-23-20-17-14-11-8-5-2/h11-16,40H,4-10,17-39H2,1-3H3/b14-11-,15-12-,16-13-. The molecule has 1 atom stereocenters. The second kappa shape index (κ2) is 38.4. The van der Waals surface area contributed by atoms with Crippen LogP contribution in [0.4, 0.5) is 0 Å². The van der Waals surface area contributed by atoms with E-state index in [1.807, 2.05) is 0 Å². The molecule has 0 rings (SSSR count). The first-order chi connectivity index (χ1) is 24.0. The van der Waals surface area contributed by atoms with Gasteiger partial charge in [0.15, 0.2) is 6.10 Å². The minimum absolute atomic E-state index is 0.0829. The zero-order valence-electron chi connectivity index (χ0n) is 32.2. The summed E-state index contributed by atoms with van der Waals surface area (Å²) < 4.78 is 16.6. The van der Waals surface area contributed by atoms with Gasteiger partial charge in [-0.25, -0.2) is 0 Å². The molecule has 49 heavy (non-hydrogen) atoms. The fourth-order valence-corrected chi connectivity index (χ4v) is 5.43. The lowest BCUT2D eigenvalue weighted by Crippen LogP contribution is -2.30. The predicted octanol–water partition coefficient (Wildman–Crippen LogP) is 12.6. The molecule has 0 amide bonds. The highest BCUT2D eigenvalue weighted by Crippen LogP contribution is 2.13. The first-order valence-corrected chi connectivity index (χ1v) is 20.5. The van der Waals surface area contributed by atoms with Gasteiger partial charge in [-0.2, -0.15) is 0 Å². The van der Waals surface area contributed by atoms with E-state index in [0.29, 0.717) is 19.3 Å². The Morgan fingerprint density at radius 3 is 1.10 bits per heavy atom. The normalized spacial score (nSPS) is 12.3. The molecule has 284 valence electrons. The second-order valence-corrected chi connectivity index (χ2v) is 13.5. The van der Waals surface area contributed by atoms with Gasteiger partial charge < -0.3 is 14.2 Å². The highest BCUT2D eigenvalue weighted by molar-refractivity contribution is 5.71. The number of unbranched alkanes of at least 4 members (excludes halogenated alkanes) is 19. The summed E-state index contributed by atoms with van der Waals surface area (Å²) in [5.41, 5.74) is 0. The van der Waals surface area contributed by atoms with E-state index >= 15 is 0 Å². The predicted molar refractivity (Wildman–Crippen MR) is 206 cm³/mol. The van der Waals surface area contributed by atoms with Crippen LogP contribution in [0, 0.1) is 0 Å². The molecule has 0 spiro atoms. The summed E-state index contributed by atoms with van der Waals surface area (Å²) in [5, 5.41) is 0. The lowest BCUT2D eigenvalue weighted by atomic mass is 10.1. The molecule has 0 bridgehead atoms. The molecule has 1 unspecified atom stereocenters. The van der Waals surface area contributed by atoms with Crippen molar-refractivity contribution in [1.82, 2.24) is 0 Å². The van der Waals surface area contributed by atoms with Crippen molar-refractivity contribution < 1.29 is 28.6 Å². The van der Waals surface area contributed by atoms with Gasteiger partial charge >= 0.3 is 17.9 Å². The molecule has 0 radical (unpaired) electrons. The zero-order valence-corrected chi connectivity index (χ0v) is 32.2. The minimum atomic E-state index is -0.776. The molecule has 6 nitrogen and oxygen atoms in total. The lowest BCUT2D eigenvalue weighted by molar-refractivity contribution is -0.167. The number of carbonyl (C=O) groups is 3. The van der Waals surface area contributed by atoms with Crippen molar-refractivity contribution >= 4 is 17.9 Å². The molecule has 0 aliphatic carbocycles. The molecular weight excluding hydrogens is 612 g/mol. The molecule has 0 saturated heterocycles. The van der Waals surface area contributed by atoms with Crippen LogP contribution in [0.1, 0.15) is 201 Å². The smallest absolute Gasteiger partial charge is 0.306 e. The first kappa shape index (κ1) is 46.6. The maximum Gasteiger partial charge on any atom is 0.306 e. The van der Waals surface area contributed by atoms with Crippen LogP contribution < -0.4 is 0 Å². The molecule has 0 heterocycles. The van der Waals surface area contributed by atoms with Gasteiger partial charge in [-0.05, 0) is 77.0 Å². The van der Waals surface area contributed by atoms with Gasteiger partial charge in [0.1, 0.15) is 13.2 Å². The summed E-state index contributed by atoms with van der Waals surface area (Å²) >= 11 is 0. The number of ether oxygens (including phenoxy) is 3. The van der Waals surface area contributed by atoms with Gasteiger partial charge in [0.25, 0.3) is 0 Å².